The Hall–Kier alpha value is -0.790. The maximum absolute atomic E-state index is 4.25. The standard InChI is InChI=1S/C11H18N2/c1-9(2)13-8-12-7-11(13)10-5-3-4-6-10/h7-10H,3-6H2,1-2H3. The van der Waals surface area contributed by atoms with E-state index in [-0.39, 0.29) is 0 Å². The van der Waals surface area contributed by atoms with E-state index in [9.17, 15) is 0 Å². The average molecular weight is 178 g/mol. The topological polar surface area (TPSA) is 17.8 Å². The first-order valence-electron chi connectivity index (χ1n) is 5.30. The van der Waals surface area contributed by atoms with Crippen molar-refractivity contribution in [3.05, 3.63) is 18.2 Å². The number of imidazole rings is 1. The lowest BCUT2D eigenvalue weighted by Crippen LogP contribution is -2.06. The van der Waals surface area contributed by atoms with E-state index in [1.54, 1.807) is 0 Å². The predicted molar refractivity (Wildman–Crippen MR) is 53.8 cm³/mol. The van der Waals surface area contributed by atoms with Crippen LogP contribution in [0.15, 0.2) is 12.5 Å². The zero-order chi connectivity index (χ0) is 9.26. The van der Waals surface area contributed by atoms with Crippen molar-refractivity contribution in [3.8, 4) is 0 Å². The highest BCUT2D eigenvalue weighted by Gasteiger charge is 2.20. The molecule has 0 radical (unpaired) electrons. The smallest absolute Gasteiger partial charge is 0.0950 e. The third-order valence-corrected chi connectivity index (χ3v) is 3.03. The van der Waals surface area contributed by atoms with Gasteiger partial charge in [-0.3, -0.25) is 0 Å². The molecule has 1 aromatic heterocycles. The first kappa shape index (κ1) is 8.79. The van der Waals surface area contributed by atoms with E-state index in [0.29, 0.717) is 6.04 Å². The molecule has 72 valence electrons. The van der Waals surface area contributed by atoms with Crippen LogP contribution in [0.1, 0.15) is 57.2 Å². The van der Waals surface area contributed by atoms with E-state index in [1.807, 2.05) is 6.33 Å². The van der Waals surface area contributed by atoms with Crippen LogP contribution in [-0.2, 0) is 0 Å². The van der Waals surface area contributed by atoms with E-state index in [0.717, 1.165) is 5.92 Å². The summed E-state index contributed by atoms with van der Waals surface area (Å²) < 4.78 is 2.32. The summed E-state index contributed by atoms with van der Waals surface area (Å²) in [6.45, 7) is 4.44. The first-order chi connectivity index (χ1) is 6.29. The third-order valence-electron chi connectivity index (χ3n) is 3.03. The molecule has 13 heavy (non-hydrogen) atoms. The van der Waals surface area contributed by atoms with Crippen molar-refractivity contribution < 1.29 is 0 Å². The van der Waals surface area contributed by atoms with Crippen molar-refractivity contribution in [3.63, 3.8) is 0 Å². The van der Waals surface area contributed by atoms with E-state index < -0.39 is 0 Å². The molecule has 0 aromatic carbocycles. The Kier molecular flexibility index (Phi) is 2.38. The van der Waals surface area contributed by atoms with Gasteiger partial charge in [-0.05, 0) is 26.7 Å². The number of hydrogen-bond donors (Lipinski definition) is 0. The van der Waals surface area contributed by atoms with Gasteiger partial charge in [-0.2, -0.15) is 0 Å². The molecule has 1 fully saturated rings. The fourth-order valence-corrected chi connectivity index (χ4v) is 2.28. The number of hydrogen-bond acceptors (Lipinski definition) is 1. The van der Waals surface area contributed by atoms with Crippen LogP contribution in [0.4, 0.5) is 0 Å². The second-order valence-corrected chi connectivity index (χ2v) is 4.30. The normalized spacial score (nSPS) is 18.7. The lowest BCUT2D eigenvalue weighted by Gasteiger charge is -2.15. The molecule has 1 aliphatic rings. The van der Waals surface area contributed by atoms with Crippen molar-refractivity contribution in [2.75, 3.05) is 0 Å². The number of rotatable bonds is 2. The van der Waals surface area contributed by atoms with Crippen LogP contribution in [0.2, 0.25) is 0 Å². The van der Waals surface area contributed by atoms with Gasteiger partial charge >= 0.3 is 0 Å². The summed E-state index contributed by atoms with van der Waals surface area (Å²) in [5.74, 6) is 0.782. The van der Waals surface area contributed by atoms with E-state index in [2.05, 4.69) is 29.6 Å². The molecule has 1 aliphatic carbocycles. The summed E-state index contributed by atoms with van der Waals surface area (Å²) in [6, 6.07) is 0.554. The van der Waals surface area contributed by atoms with Gasteiger partial charge in [0, 0.05) is 23.9 Å². The molecule has 0 aliphatic heterocycles. The summed E-state index contributed by atoms with van der Waals surface area (Å²) in [5, 5.41) is 0. The lowest BCUT2D eigenvalue weighted by molar-refractivity contribution is 0.539. The molecule has 0 saturated heterocycles. The van der Waals surface area contributed by atoms with Gasteiger partial charge in [0.1, 0.15) is 0 Å². The van der Waals surface area contributed by atoms with Crippen LogP contribution in [0, 0.1) is 0 Å². The van der Waals surface area contributed by atoms with E-state index in [1.165, 1.54) is 31.4 Å². The molecule has 2 heteroatoms. The molecular weight excluding hydrogens is 160 g/mol. The molecule has 2 nitrogen and oxygen atoms in total. The van der Waals surface area contributed by atoms with Crippen LogP contribution in [0.3, 0.4) is 0 Å². The van der Waals surface area contributed by atoms with Crippen molar-refractivity contribution in [2.45, 2.75) is 51.5 Å². The Bertz CT molecular complexity index is 269. The Morgan fingerprint density at radius 2 is 2.08 bits per heavy atom. The maximum atomic E-state index is 4.25. The summed E-state index contributed by atoms with van der Waals surface area (Å²) in [7, 11) is 0. The fourth-order valence-electron chi connectivity index (χ4n) is 2.28. The van der Waals surface area contributed by atoms with Crippen LogP contribution >= 0.6 is 0 Å². The Morgan fingerprint density at radius 1 is 1.38 bits per heavy atom. The number of aromatic nitrogens is 2. The minimum absolute atomic E-state index is 0.554. The Labute approximate surface area is 80.0 Å². The van der Waals surface area contributed by atoms with Crippen molar-refractivity contribution >= 4 is 0 Å². The molecule has 0 spiro atoms. The average Bonchev–Trinajstić information content (AvgIpc) is 2.74. The zero-order valence-electron chi connectivity index (χ0n) is 8.53. The highest BCUT2D eigenvalue weighted by molar-refractivity contribution is 5.08. The van der Waals surface area contributed by atoms with Crippen molar-refractivity contribution in [1.29, 1.82) is 0 Å². The SMILES string of the molecule is CC(C)n1cncc1C1CCCC1. The third kappa shape index (κ3) is 1.62. The van der Waals surface area contributed by atoms with Crippen molar-refractivity contribution in [2.24, 2.45) is 0 Å². The predicted octanol–water partition coefficient (Wildman–Crippen LogP) is 3.12. The molecule has 0 atom stereocenters. The first-order valence-corrected chi connectivity index (χ1v) is 5.30. The highest BCUT2D eigenvalue weighted by atomic mass is 15.1. The monoisotopic (exact) mass is 178 g/mol. The van der Waals surface area contributed by atoms with Crippen LogP contribution < -0.4 is 0 Å². The summed E-state index contributed by atoms with van der Waals surface area (Å²) >= 11 is 0. The summed E-state index contributed by atoms with van der Waals surface area (Å²) in [5.41, 5.74) is 1.45. The quantitative estimate of drug-likeness (QED) is 0.680. The van der Waals surface area contributed by atoms with Gasteiger partial charge in [0.25, 0.3) is 0 Å². The highest BCUT2D eigenvalue weighted by Crippen LogP contribution is 2.34. The van der Waals surface area contributed by atoms with Gasteiger partial charge in [-0.1, -0.05) is 12.8 Å². The molecular formula is C11H18N2. The van der Waals surface area contributed by atoms with Crippen LogP contribution in [0.5, 0.6) is 0 Å². The molecule has 1 saturated carbocycles. The Morgan fingerprint density at radius 3 is 2.69 bits per heavy atom. The molecule has 0 N–H and O–H groups in total. The molecule has 1 aromatic rings. The summed E-state index contributed by atoms with van der Waals surface area (Å²) in [4.78, 5) is 4.25. The van der Waals surface area contributed by atoms with Crippen LogP contribution in [0.25, 0.3) is 0 Å². The minimum atomic E-state index is 0.554. The van der Waals surface area contributed by atoms with Gasteiger partial charge in [-0.15, -0.1) is 0 Å². The maximum Gasteiger partial charge on any atom is 0.0950 e. The number of nitrogens with zero attached hydrogens (tertiary/aromatic N) is 2. The molecule has 0 bridgehead atoms. The molecule has 1 heterocycles. The molecule has 2 rings (SSSR count). The minimum Gasteiger partial charge on any atom is -0.332 e. The lowest BCUT2D eigenvalue weighted by atomic mass is 10.0. The molecule has 0 amide bonds. The van der Waals surface area contributed by atoms with Gasteiger partial charge in [0.2, 0.25) is 0 Å². The summed E-state index contributed by atoms with van der Waals surface area (Å²) in [6.07, 6.45) is 9.53. The van der Waals surface area contributed by atoms with E-state index >= 15 is 0 Å². The fraction of sp³-hybridized carbons (Fsp3) is 0.727. The van der Waals surface area contributed by atoms with Crippen LogP contribution in [-0.4, -0.2) is 9.55 Å². The van der Waals surface area contributed by atoms with Gasteiger partial charge in [0.15, 0.2) is 0 Å². The van der Waals surface area contributed by atoms with Gasteiger partial charge < -0.3 is 4.57 Å². The van der Waals surface area contributed by atoms with Crippen molar-refractivity contribution in [1.82, 2.24) is 9.55 Å². The second-order valence-electron chi connectivity index (χ2n) is 4.30. The second kappa shape index (κ2) is 3.52. The Balaban J connectivity index is 2.23. The largest absolute Gasteiger partial charge is 0.332 e. The molecule has 0 unspecified atom stereocenters. The van der Waals surface area contributed by atoms with Gasteiger partial charge in [0.05, 0.1) is 6.33 Å². The zero-order valence-corrected chi connectivity index (χ0v) is 8.53. The van der Waals surface area contributed by atoms with E-state index in [4.69, 9.17) is 0 Å². The van der Waals surface area contributed by atoms with Gasteiger partial charge in [-0.25, -0.2) is 4.98 Å².